The Morgan fingerprint density at radius 1 is 1.19 bits per heavy atom. The summed E-state index contributed by atoms with van der Waals surface area (Å²) in [5.41, 5.74) is 7.43. The largest absolute Gasteiger partial charge is 0.481 e. The van der Waals surface area contributed by atoms with Gasteiger partial charge in [-0.15, -0.1) is 0 Å². The Kier molecular flexibility index (Phi) is 4.57. The highest BCUT2D eigenvalue weighted by Crippen LogP contribution is 2.24. The van der Waals surface area contributed by atoms with E-state index in [2.05, 4.69) is 0 Å². The lowest BCUT2D eigenvalue weighted by Gasteiger charge is -2.35. The molecule has 1 aliphatic heterocycles. The second kappa shape index (κ2) is 6.39. The van der Waals surface area contributed by atoms with Crippen LogP contribution in [0.3, 0.4) is 0 Å². The van der Waals surface area contributed by atoms with Gasteiger partial charge in [0.15, 0.2) is 0 Å². The van der Waals surface area contributed by atoms with Crippen molar-refractivity contribution in [3.05, 3.63) is 35.4 Å². The minimum atomic E-state index is -0.932. The number of carboxylic acids is 1. The molecule has 0 aliphatic carbocycles. The first-order valence-electron chi connectivity index (χ1n) is 6.86. The van der Waals surface area contributed by atoms with E-state index in [4.69, 9.17) is 10.8 Å². The van der Waals surface area contributed by atoms with E-state index in [-0.39, 0.29) is 25.2 Å². The summed E-state index contributed by atoms with van der Waals surface area (Å²) in [5, 5.41) is 8.61. The molecule has 0 fully saturated rings. The second-order valence-corrected chi connectivity index (χ2v) is 5.16. The second-order valence-electron chi connectivity index (χ2n) is 5.16. The topological polar surface area (TPSA) is 101 Å². The van der Waals surface area contributed by atoms with Crippen LogP contribution in [0, 0.1) is 0 Å². The van der Waals surface area contributed by atoms with Crippen LogP contribution in [0.4, 0.5) is 0 Å². The predicted molar refractivity (Wildman–Crippen MR) is 75.2 cm³/mol. The third-order valence-electron chi connectivity index (χ3n) is 3.68. The molecule has 21 heavy (non-hydrogen) atoms. The molecule has 2 amide bonds. The number of nitrogens with zero attached hydrogens (tertiary/aromatic N) is 1. The number of carbonyl (C=O) groups is 3. The lowest BCUT2D eigenvalue weighted by molar-refractivity contribution is -0.141. The predicted octanol–water partition coefficient (Wildman–Crippen LogP) is 0.680. The molecular formula is C15H18N2O4. The van der Waals surface area contributed by atoms with E-state index >= 15 is 0 Å². The molecule has 0 aromatic heterocycles. The summed E-state index contributed by atoms with van der Waals surface area (Å²) in [5.74, 6) is -1.69. The van der Waals surface area contributed by atoms with Crippen LogP contribution < -0.4 is 5.73 Å². The minimum Gasteiger partial charge on any atom is -0.481 e. The smallest absolute Gasteiger partial charge is 0.303 e. The van der Waals surface area contributed by atoms with E-state index in [1.807, 2.05) is 24.3 Å². The van der Waals surface area contributed by atoms with Gasteiger partial charge in [0.25, 0.3) is 0 Å². The number of rotatable bonds is 5. The number of carboxylic acid groups (broad SMARTS) is 1. The van der Waals surface area contributed by atoms with Gasteiger partial charge in [-0.3, -0.25) is 14.4 Å². The number of nitrogens with two attached hydrogens (primary N) is 1. The molecule has 0 spiro atoms. The zero-order valence-corrected chi connectivity index (χ0v) is 11.6. The van der Waals surface area contributed by atoms with Gasteiger partial charge in [0, 0.05) is 25.8 Å². The molecule has 3 N–H and O–H groups in total. The van der Waals surface area contributed by atoms with Crippen LogP contribution in [0.5, 0.6) is 0 Å². The Morgan fingerprint density at radius 2 is 1.86 bits per heavy atom. The molecule has 0 saturated heterocycles. The highest BCUT2D eigenvalue weighted by Gasteiger charge is 2.32. The summed E-state index contributed by atoms with van der Waals surface area (Å²) in [4.78, 5) is 35.8. The summed E-state index contributed by atoms with van der Waals surface area (Å²) < 4.78 is 0. The van der Waals surface area contributed by atoms with Gasteiger partial charge in [-0.2, -0.15) is 0 Å². The van der Waals surface area contributed by atoms with Gasteiger partial charge in [0.1, 0.15) is 6.04 Å². The van der Waals surface area contributed by atoms with Crippen LogP contribution in [0.1, 0.15) is 30.4 Å². The molecule has 1 heterocycles. The SMILES string of the molecule is NC(=O)[C@@H]1Cc2ccccc2CN1C(=O)CCCC(=O)O. The van der Waals surface area contributed by atoms with Gasteiger partial charge in [-0.05, 0) is 17.5 Å². The fraction of sp³-hybridized carbons (Fsp3) is 0.400. The standard InChI is InChI=1S/C15H18N2O4/c16-15(21)12-8-10-4-1-2-5-11(10)9-17(12)13(18)6-3-7-14(19)20/h1-2,4-5,12H,3,6-9H2,(H2,16,21)(H,19,20)/t12-/m0/s1. The monoisotopic (exact) mass is 290 g/mol. The summed E-state index contributed by atoms with van der Waals surface area (Å²) in [6, 6.07) is 6.97. The molecule has 6 heteroatoms. The number of benzene rings is 1. The normalized spacial score (nSPS) is 17.1. The third kappa shape index (κ3) is 3.59. The van der Waals surface area contributed by atoms with Gasteiger partial charge in [0.2, 0.25) is 11.8 Å². The lowest BCUT2D eigenvalue weighted by atomic mass is 9.93. The first-order chi connectivity index (χ1) is 9.99. The first-order valence-corrected chi connectivity index (χ1v) is 6.86. The van der Waals surface area contributed by atoms with Crippen LogP contribution in [-0.2, 0) is 27.3 Å². The van der Waals surface area contributed by atoms with Gasteiger partial charge in [0.05, 0.1) is 0 Å². The van der Waals surface area contributed by atoms with Gasteiger partial charge < -0.3 is 15.7 Å². The van der Waals surface area contributed by atoms with E-state index in [1.165, 1.54) is 4.90 Å². The molecule has 1 atom stereocenters. The average Bonchev–Trinajstić information content (AvgIpc) is 2.45. The third-order valence-corrected chi connectivity index (χ3v) is 3.68. The van der Waals surface area contributed by atoms with E-state index in [0.29, 0.717) is 13.0 Å². The summed E-state index contributed by atoms with van der Waals surface area (Å²) in [6.45, 7) is 0.343. The van der Waals surface area contributed by atoms with Crippen molar-refractivity contribution in [1.29, 1.82) is 0 Å². The molecule has 6 nitrogen and oxygen atoms in total. The van der Waals surface area contributed by atoms with Crippen LogP contribution in [0.25, 0.3) is 0 Å². The van der Waals surface area contributed by atoms with Crippen molar-refractivity contribution >= 4 is 17.8 Å². The van der Waals surface area contributed by atoms with E-state index < -0.39 is 17.9 Å². The molecule has 1 aliphatic rings. The quantitative estimate of drug-likeness (QED) is 0.832. The lowest BCUT2D eigenvalue weighted by Crippen LogP contribution is -2.51. The zero-order valence-electron chi connectivity index (χ0n) is 11.6. The minimum absolute atomic E-state index is 0.0581. The molecular weight excluding hydrogens is 272 g/mol. The van der Waals surface area contributed by atoms with Crippen molar-refractivity contribution in [1.82, 2.24) is 4.90 Å². The van der Waals surface area contributed by atoms with Gasteiger partial charge in [-0.1, -0.05) is 24.3 Å². The number of hydrogen-bond acceptors (Lipinski definition) is 3. The van der Waals surface area contributed by atoms with E-state index in [0.717, 1.165) is 11.1 Å². The highest BCUT2D eigenvalue weighted by atomic mass is 16.4. The molecule has 0 bridgehead atoms. The van der Waals surface area contributed by atoms with Crippen molar-refractivity contribution in [2.24, 2.45) is 5.73 Å². The van der Waals surface area contributed by atoms with Crippen LogP contribution in [0.15, 0.2) is 24.3 Å². The molecule has 2 rings (SSSR count). The average molecular weight is 290 g/mol. The van der Waals surface area contributed by atoms with Crippen molar-refractivity contribution in [2.75, 3.05) is 0 Å². The first kappa shape index (κ1) is 15.0. The van der Waals surface area contributed by atoms with E-state index in [1.54, 1.807) is 0 Å². The van der Waals surface area contributed by atoms with Crippen molar-refractivity contribution < 1.29 is 19.5 Å². The van der Waals surface area contributed by atoms with E-state index in [9.17, 15) is 14.4 Å². The Morgan fingerprint density at radius 3 is 2.48 bits per heavy atom. The maximum Gasteiger partial charge on any atom is 0.303 e. The molecule has 112 valence electrons. The fourth-order valence-corrected chi connectivity index (χ4v) is 2.57. The molecule has 0 unspecified atom stereocenters. The summed E-state index contributed by atoms with van der Waals surface area (Å²) in [6.07, 6.45) is 0.726. The summed E-state index contributed by atoms with van der Waals surface area (Å²) >= 11 is 0. The number of amides is 2. The molecule has 0 saturated carbocycles. The van der Waals surface area contributed by atoms with Crippen LogP contribution in [-0.4, -0.2) is 33.8 Å². The van der Waals surface area contributed by atoms with Crippen molar-refractivity contribution in [3.8, 4) is 0 Å². The Hall–Kier alpha value is -2.37. The van der Waals surface area contributed by atoms with Crippen molar-refractivity contribution in [2.45, 2.75) is 38.3 Å². The maximum absolute atomic E-state index is 12.2. The fourth-order valence-electron chi connectivity index (χ4n) is 2.57. The number of carbonyl (C=O) groups excluding carboxylic acids is 2. The Balaban J connectivity index is 2.11. The number of aliphatic carboxylic acids is 1. The van der Waals surface area contributed by atoms with Gasteiger partial charge in [-0.25, -0.2) is 0 Å². The Labute approximate surface area is 122 Å². The molecule has 1 aromatic carbocycles. The van der Waals surface area contributed by atoms with Gasteiger partial charge >= 0.3 is 5.97 Å². The van der Waals surface area contributed by atoms with Crippen LogP contribution >= 0.6 is 0 Å². The molecule has 1 aromatic rings. The number of primary amides is 1. The summed E-state index contributed by atoms with van der Waals surface area (Å²) in [7, 11) is 0. The van der Waals surface area contributed by atoms with Crippen molar-refractivity contribution in [3.63, 3.8) is 0 Å². The van der Waals surface area contributed by atoms with Crippen LogP contribution in [0.2, 0.25) is 0 Å². The maximum atomic E-state index is 12.2. The number of hydrogen-bond donors (Lipinski definition) is 2. The zero-order chi connectivity index (χ0) is 15.4. The molecule has 0 radical (unpaired) electrons. The Bertz CT molecular complexity index is 571. The highest BCUT2D eigenvalue weighted by molar-refractivity contribution is 5.87. The number of fused-ring (bicyclic) bond motifs is 1.